The van der Waals surface area contributed by atoms with E-state index in [0.29, 0.717) is 30.0 Å². The predicted molar refractivity (Wildman–Crippen MR) is 121 cm³/mol. The number of aliphatic hydroxyl groups is 1. The molecule has 1 atom stereocenters. The molecule has 0 radical (unpaired) electrons. The van der Waals surface area contributed by atoms with Crippen LogP contribution in [0.1, 0.15) is 71.2 Å². The number of nitrogens with zero attached hydrogens (tertiary/aromatic N) is 2. The summed E-state index contributed by atoms with van der Waals surface area (Å²) in [6.45, 7) is 5.95. The van der Waals surface area contributed by atoms with E-state index >= 15 is 0 Å². The van der Waals surface area contributed by atoms with Gasteiger partial charge in [-0.15, -0.1) is 0 Å². The maximum absolute atomic E-state index is 12.7. The first-order chi connectivity index (χ1) is 15.4. The molecule has 0 saturated carbocycles. The van der Waals surface area contributed by atoms with Crippen molar-refractivity contribution in [2.75, 3.05) is 6.61 Å². The second kappa shape index (κ2) is 10.2. The molecule has 0 amide bonds. The molecule has 1 aromatic heterocycles. The van der Waals surface area contributed by atoms with Crippen LogP contribution in [-0.2, 0) is 17.7 Å². The molecule has 0 aliphatic heterocycles. The van der Waals surface area contributed by atoms with Crippen LogP contribution in [0.5, 0.6) is 0 Å². The zero-order valence-corrected chi connectivity index (χ0v) is 18.5. The average molecular weight is 437 g/mol. The number of ether oxygens (including phenoxy) is 1. The Kier molecular flexibility index (Phi) is 7.43. The lowest BCUT2D eigenvalue weighted by atomic mass is 9.98. The molecule has 1 heterocycles. The van der Waals surface area contributed by atoms with Gasteiger partial charge in [0.25, 0.3) is 0 Å². The highest BCUT2D eigenvalue weighted by molar-refractivity contribution is 5.96. The monoisotopic (exact) mass is 436 g/mol. The van der Waals surface area contributed by atoms with E-state index < -0.39 is 18.0 Å². The molecule has 0 aliphatic rings. The third kappa shape index (κ3) is 4.89. The molecular weight excluding hydrogens is 408 g/mol. The quantitative estimate of drug-likeness (QED) is 0.480. The van der Waals surface area contributed by atoms with Crippen molar-refractivity contribution in [2.24, 2.45) is 0 Å². The number of carboxylic acids is 1. The Morgan fingerprint density at radius 1 is 1.09 bits per heavy atom. The van der Waals surface area contributed by atoms with Gasteiger partial charge in [0.05, 0.1) is 18.3 Å². The number of aromatic nitrogens is 2. The molecule has 0 fully saturated rings. The number of carbonyl (C=O) groups is 2. The van der Waals surface area contributed by atoms with Crippen LogP contribution in [0.3, 0.4) is 0 Å². The van der Waals surface area contributed by atoms with Gasteiger partial charge in [0.1, 0.15) is 11.5 Å². The number of rotatable bonds is 9. The summed E-state index contributed by atoms with van der Waals surface area (Å²) in [7, 11) is 0. The SMILES string of the molecule is CCCc1nc(C(C)O)c(C(=O)OCC)n1Cc1ccc(-c2ccccc2C(=O)O)cc1. The van der Waals surface area contributed by atoms with Crippen LogP contribution in [0.25, 0.3) is 11.1 Å². The summed E-state index contributed by atoms with van der Waals surface area (Å²) in [5, 5.41) is 19.7. The van der Waals surface area contributed by atoms with Gasteiger partial charge in [-0.25, -0.2) is 14.6 Å². The van der Waals surface area contributed by atoms with Crippen LogP contribution in [0.4, 0.5) is 0 Å². The number of hydrogen-bond acceptors (Lipinski definition) is 5. The summed E-state index contributed by atoms with van der Waals surface area (Å²) in [5.74, 6) is -0.769. The van der Waals surface area contributed by atoms with Gasteiger partial charge in [0.2, 0.25) is 0 Å². The van der Waals surface area contributed by atoms with E-state index in [1.54, 1.807) is 38.1 Å². The van der Waals surface area contributed by atoms with Crippen LogP contribution in [0, 0.1) is 0 Å². The second-order valence-electron chi connectivity index (χ2n) is 7.54. The van der Waals surface area contributed by atoms with Crippen molar-refractivity contribution in [1.29, 1.82) is 0 Å². The fourth-order valence-corrected chi connectivity index (χ4v) is 3.70. The molecule has 0 bridgehead atoms. The summed E-state index contributed by atoms with van der Waals surface area (Å²) in [6, 6.07) is 14.4. The smallest absolute Gasteiger partial charge is 0.357 e. The van der Waals surface area contributed by atoms with E-state index in [2.05, 4.69) is 4.98 Å². The largest absolute Gasteiger partial charge is 0.478 e. The van der Waals surface area contributed by atoms with Crippen LogP contribution in [0.2, 0.25) is 0 Å². The zero-order chi connectivity index (χ0) is 23.3. The Labute approximate surface area is 187 Å². The summed E-state index contributed by atoms with van der Waals surface area (Å²) >= 11 is 0. The maximum atomic E-state index is 12.7. The van der Waals surface area contributed by atoms with Gasteiger partial charge >= 0.3 is 11.9 Å². The van der Waals surface area contributed by atoms with E-state index in [4.69, 9.17) is 4.74 Å². The maximum Gasteiger partial charge on any atom is 0.357 e. The highest BCUT2D eigenvalue weighted by Crippen LogP contribution is 2.26. The normalized spacial score (nSPS) is 11.9. The van der Waals surface area contributed by atoms with Crippen molar-refractivity contribution in [3.05, 3.63) is 76.9 Å². The molecule has 0 spiro atoms. The minimum atomic E-state index is -0.975. The first kappa shape index (κ1) is 23.2. The number of aryl methyl sites for hydroxylation is 1. The highest BCUT2D eigenvalue weighted by Gasteiger charge is 2.26. The topological polar surface area (TPSA) is 102 Å². The van der Waals surface area contributed by atoms with E-state index in [9.17, 15) is 19.8 Å². The van der Waals surface area contributed by atoms with Crippen molar-refractivity contribution in [3.8, 4) is 11.1 Å². The Balaban J connectivity index is 2.00. The van der Waals surface area contributed by atoms with Crippen molar-refractivity contribution in [2.45, 2.75) is 46.3 Å². The molecule has 2 aromatic carbocycles. The fraction of sp³-hybridized carbons (Fsp3) is 0.320. The summed E-state index contributed by atoms with van der Waals surface area (Å²) < 4.78 is 7.04. The van der Waals surface area contributed by atoms with Crippen LogP contribution >= 0.6 is 0 Å². The van der Waals surface area contributed by atoms with Crippen molar-refractivity contribution in [1.82, 2.24) is 9.55 Å². The molecule has 7 heteroatoms. The number of aromatic carboxylic acids is 1. The predicted octanol–water partition coefficient (Wildman–Crippen LogP) is 4.48. The van der Waals surface area contributed by atoms with Crippen molar-refractivity contribution < 1.29 is 24.5 Å². The van der Waals surface area contributed by atoms with Crippen LogP contribution in [-0.4, -0.2) is 38.3 Å². The van der Waals surface area contributed by atoms with Gasteiger partial charge in [-0.2, -0.15) is 0 Å². The molecule has 0 aliphatic carbocycles. The Morgan fingerprint density at radius 3 is 2.38 bits per heavy atom. The average Bonchev–Trinajstić information content (AvgIpc) is 3.13. The number of imidazole rings is 1. The highest BCUT2D eigenvalue weighted by atomic mass is 16.5. The fourth-order valence-electron chi connectivity index (χ4n) is 3.70. The third-order valence-electron chi connectivity index (χ3n) is 5.17. The number of esters is 1. The van der Waals surface area contributed by atoms with Gasteiger partial charge in [-0.1, -0.05) is 49.4 Å². The minimum Gasteiger partial charge on any atom is -0.478 e. The molecular formula is C25H28N2O5. The van der Waals surface area contributed by atoms with E-state index in [-0.39, 0.29) is 17.9 Å². The number of benzene rings is 2. The van der Waals surface area contributed by atoms with Gasteiger partial charge in [-0.05, 0) is 43.0 Å². The first-order valence-electron chi connectivity index (χ1n) is 10.7. The lowest BCUT2D eigenvalue weighted by Crippen LogP contribution is -2.17. The van der Waals surface area contributed by atoms with E-state index in [1.165, 1.54) is 0 Å². The second-order valence-corrected chi connectivity index (χ2v) is 7.54. The van der Waals surface area contributed by atoms with E-state index in [0.717, 1.165) is 17.5 Å². The molecule has 32 heavy (non-hydrogen) atoms. The summed E-state index contributed by atoms with van der Waals surface area (Å²) in [6.07, 6.45) is 0.591. The van der Waals surface area contributed by atoms with Crippen LogP contribution < -0.4 is 0 Å². The summed E-state index contributed by atoms with van der Waals surface area (Å²) in [4.78, 5) is 28.8. The number of hydrogen-bond donors (Lipinski definition) is 2. The first-order valence-corrected chi connectivity index (χ1v) is 10.7. The molecule has 1 unspecified atom stereocenters. The standard InChI is InChI=1S/C25H28N2O5/c1-4-8-21-26-22(16(3)28)23(25(31)32-5-2)27(21)15-17-11-13-18(14-12-17)19-9-6-7-10-20(19)24(29)30/h6-7,9-14,16,28H,4-5,8,15H2,1-3H3,(H,29,30). The van der Waals surface area contributed by atoms with Gasteiger partial charge < -0.3 is 19.5 Å². The molecule has 3 aromatic rings. The van der Waals surface area contributed by atoms with Gasteiger partial charge in [0, 0.05) is 13.0 Å². The Bertz CT molecular complexity index is 1100. The molecule has 3 rings (SSSR count). The molecule has 7 nitrogen and oxygen atoms in total. The lowest BCUT2D eigenvalue weighted by Gasteiger charge is -2.13. The number of carbonyl (C=O) groups excluding carboxylic acids is 1. The third-order valence-corrected chi connectivity index (χ3v) is 5.17. The number of carboxylic acid groups (broad SMARTS) is 1. The lowest BCUT2D eigenvalue weighted by molar-refractivity contribution is 0.0506. The van der Waals surface area contributed by atoms with Crippen molar-refractivity contribution in [3.63, 3.8) is 0 Å². The van der Waals surface area contributed by atoms with Crippen LogP contribution in [0.15, 0.2) is 48.5 Å². The minimum absolute atomic E-state index is 0.226. The number of aliphatic hydroxyl groups excluding tert-OH is 1. The van der Waals surface area contributed by atoms with E-state index in [1.807, 2.05) is 35.8 Å². The zero-order valence-electron chi connectivity index (χ0n) is 18.5. The van der Waals surface area contributed by atoms with Gasteiger partial charge in [-0.3, -0.25) is 0 Å². The molecule has 168 valence electrons. The van der Waals surface area contributed by atoms with Gasteiger partial charge in [0.15, 0.2) is 5.69 Å². The summed E-state index contributed by atoms with van der Waals surface area (Å²) in [5.41, 5.74) is 3.18. The molecule has 2 N–H and O–H groups in total. The Hall–Kier alpha value is -3.45. The Morgan fingerprint density at radius 2 is 1.78 bits per heavy atom. The molecule has 0 saturated heterocycles. The van der Waals surface area contributed by atoms with Crippen molar-refractivity contribution >= 4 is 11.9 Å².